The van der Waals surface area contributed by atoms with Crippen LogP contribution in [0.3, 0.4) is 0 Å². The van der Waals surface area contributed by atoms with E-state index in [4.69, 9.17) is 9.47 Å². The predicted molar refractivity (Wildman–Crippen MR) is 70.5 cm³/mol. The lowest BCUT2D eigenvalue weighted by atomic mass is 9.98. The summed E-state index contributed by atoms with van der Waals surface area (Å²) in [5.41, 5.74) is -1.28. The summed E-state index contributed by atoms with van der Waals surface area (Å²) in [6.07, 6.45) is 2.18. The molecule has 2 fully saturated rings. The van der Waals surface area contributed by atoms with Crippen molar-refractivity contribution < 1.29 is 24.2 Å². The molecule has 1 atom stereocenters. The largest absolute Gasteiger partial charge is 0.479 e. The minimum Gasteiger partial charge on any atom is -0.479 e. The van der Waals surface area contributed by atoms with Crippen molar-refractivity contribution in [3.05, 3.63) is 0 Å². The average Bonchev–Trinajstić information content (AvgIpc) is 2.89. The first-order valence-corrected chi connectivity index (χ1v) is 6.96. The molecule has 2 aliphatic rings. The molecule has 2 amide bonds. The highest BCUT2D eigenvalue weighted by molar-refractivity contribution is 5.86. The van der Waals surface area contributed by atoms with Gasteiger partial charge in [0.25, 0.3) is 0 Å². The van der Waals surface area contributed by atoms with E-state index in [9.17, 15) is 14.7 Å². The normalized spacial score (nSPS) is 27.2. The highest BCUT2D eigenvalue weighted by Crippen LogP contribution is 2.20. The third-order valence-corrected chi connectivity index (χ3v) is 4.00. The number of urea groups is 1. The van der Waals surface area contributed by atoms with Gasteiger partial charge in [-0.3, -0.25) is 0 Å². The molecule has 2 saturated heterocycles. The molecule has 0 aromatic carbocycles. The molecule has 1 unspecified atom stereocenters. The van der Waals surface area contributed by atoms with E-state index in [1.54, 1.807) is 11.9 Å². The molecular formula is C13H22N2O5. The fourth-order valence-corrected chi connectivity index (χ4v) is 2.58. The maximum atomic E-state index is 12.1. The minimum absolute atomic E-state index is 0.0270. The van der Waals surface area contributed by atoms with Gasteiger partial charge in [-0.05, 0) is 18.8 Å². The number of carbonyl (C=O) groups excluding carboxylic acids is 1. The van der Waals surface area contributed by atoms with Gasteiger partial charge in [0.1, 0.15) is 0 Å². The molecule has 2 aliphatic heterocycles. The second-order valence-electron chi connectivity index (χ2n) is 5.56. The first-order chi connectivity index (χ1) is 9.53. The lowest BCUT2D eigenvalue weighted by molar-refractivity contribution is -0.144. The molecule has 0 aromatic heterocycles. The van der Waals surface area contributed by atoms with E-state index in [1.165, 1.54) is 0 Å². The zero-order valence-electron chi connectivity index (χ0n) is 11.8. The van der Waals surface area contributed by atoms with Crippen LogP contribution in [0.2, 0.25) is 0 Å². The molecule has 114 valence electrons. The fourth-order valence-electron chi connectivity index (χ4n) is 2.58. The summed E-state index contributed by atoms with van der Waals surface area (Å²) in [6, 6.07) is -0.357. The molecule has 7 heteroatoms. The zero-order chi connectivity index (χ0) is 14.6. The Morgan fingerprint density at radius 3 is 2.55 bits per heavy atom. The smallest absolute Gasteiger partial charge is 0.332 e. The Bertz CT molecular complexity index is 362. The monoisotopic (exact) mass is 286 g/mol. The second-order valence-corrected chi connectivity index (χ2v) is 5.56. The highest BCUT2D eigenvalue weighted by Gasteiger charge is 2.44. The summed E-state index contributed by atoms with van der Waals surface area (Å²) in [5.74, 6) is -0.622. The number of carboxylic acids is 1. The molecule has 0 radical (unpaired) electrons. The van der Waals surface area contributed by atoms with Gasteiger partial charge in [0.2, 0.25) is 0 Å². The fraction of sp³-hybridized carbons (Fsp3) is 0.846. The van der Waals surface area contributed by atoms with Crippen LogP contribution in [-0.2, 0) is 14.3 Å². The molecule has 20 heavy (non-hydrogen) atoms. The van der Waals surface area contributed by atoms with Crippen LogP contribution in [0.5, 0.6) is 0 Å². The van der Waals surface area contributed by atoms with E-state index in [2.05, 4.69) is 5.32 Å². The molecule has 0 aliphatic carbocycles. The van der Waals surface area contributed by atoms with E-state index in [0.29, 0.717) is 25.5 Å². The highest BCUT2D eigenvalue weighted by atomic mass is 16.5. The van der Waals surface area contributed by atoms with Crippen molar-refractivity contribution in [1.29, 1.82) is 0 Å². The van der Waals surface area contributed by atoms with Crippen LogP contribution in [0.1, 0.15) is 19.3 Å². The van der Waals surface area contributed by atoms with Gasteiger partial charge < -0.3 is 24.8 Å². The third-order valence-electron chi connectivity index (χ3n) is 4.00. The van der Waals surface area contributed by atoms with Crippen LogP contribution in [0.15, 0.2) is 0 Å². The van der Waals surface area contributed by atoms with E-state index in [0.717, 1.165) is 26.1 Å². The van der Waals surface area contributed by atoms with Gasteiger partial charge >= 0.3 is 12.0 Å². The van der Waals surface area contributed by atoms with E-state index in [-0.39, 0.29) is 12.6 Å². The third kappa shape index (κ3) is 3.40. The molecule has 2 rings (SSSR count). The second kappa shape index (κ2) is 6.41. The summed E-state index contributed by atoms with van der Waals surface area (Å²) >= 11 is 0. The number of nitrogens with one attached hydrogen (secondary N) is 1. The molecule has 0 bridgehead atoms. The maximum Gasteiger partial charge on any atom is 0.332 e. The Morgan fingerprint density at radius 1 is 1.30 bits per heavy atom. The average molecular weight is 286 g/mol. The molecule has 0 spiro atoms. The number of ether oxygens (including phenoxy) is 2. The molecule has 2 heterocycles. The lowest BCUT2D eigenvalue weighted by Crippen LogP contribution is -2.58. The quantitative estimate of drug-likeness (QED) is 0.776. The van der Waals surface area contributed by atoms with Crippen molar-refractivity contribution in [2.75, 3.05) is 40.0 Å². The first kappa shape index (κ1) is 15.1. The predicted octanol–water partition coefficient (Wildman–Crippen LogP) is 0.298. The number of rotatable bonds is 4. The van der Waals surface area contributed by atoms with Crippen molar-refractivity contribution >= 4 is 12.0 Å². The summed E-state index contributed by atoms with van der Waals surface area (Å²) in [7, 11) is 1.69. The topological polar surface area (TPSA) is 88.1 Å². The number of carboxylic acid groups (broad SMARTS) is 1. The SMILES string of the molecule is CN(CC1CCOCC1)C(=O)NC1(C(=O)O)CCOC1. The van der Waals surface area contributed by atoms with Gasteiger partial charge in [0, 0.05) is 39.8 Å². The van der Waals surface area contributed by atoms with Gasteiger partial charge in [0.05, 0.1) is 6.61 Å². The van der Waals surface area contributed by atoms with Crippen LogP contribution < -0.4 is 5.32 Å². The number of hydrogen-bond donors (Lipinski definition) is 2. The molecular weight excluding hydrogens is 264 g/mol. The van der Waals surface area contributed by atoms with Gasteiger partial charge in [-0.1, -0.05) is 0 Å². The van der Waals surface area contributed by atoms with Gasteiger partial charge in [-0.25, -0.2) is 9.59 Å². The van der Waals surface area contributed by atoms with E-state index < -0.39 is 11.5 Å². The van der Waals surface area contributed by atoms with Gasteiger partial charge in [-0.2, -0.15) is 0 Å². The van der Waals surface area contributed by atoms with Crippen molar-refractivity contribution in [3.8, 4) is 0 Å². The van der Waals surface area contributed by atoms with E-state index in [1.807, 2.05) is 0 Å². The van der Waals surface area contributed by atoms with Crippen molar-refractivity contribution in [3.63, 3.8) is 0 Å². The molecule has 0 saturated carbocycles. The Hall–Kier alpha value is -1.34. The number of carbonyl (C=O) groups is 2. The first-order valence-electron chi connectivity index (χ1n) is 6.96. The standard InChI is InChI=1S/C13H22N2O5/c1-15(8-10-2-5-19-6-3-10)12(18)14-13(11(16)17)4-7-20-9-13/h10H,2-9H2,1H3,(H,14,18)(H,16,17). The lowest BCUT2D eigenvalue weighted by Gasteiger charge is -2.30. The van der Waals surface area contributed by atoms with Crippen molar-refractivity contribution in [2.24, 2.45) is 5.92 Å². The molecule has 0 aromatic rings. The summed E-state index contributed by atoms with van der Waals surface area (Å²) in [6.45, 7) is 2.46. The Kier molecular flexibility index (Phi) is 4.82. The Morgan fingerprint density at radius 2 is 2.00 bits per heavy atom. The number of nitrogens with zero attached hydrogens (tertiary/aromatic N) is 1. The Labute approximate surface area is 118 Å². The molecule has 7 nitrogen and oxygen atoms in total. The van der Waals surface area contributed by atoms with Crippen LogP contribution >= 0.6 is 0 Å². The summed E-state index contributed by atoms with van der Waals surface area (Å²) in [5, 5.41) is 11.9. The van der Waals surface area contributed by atoms with Crippen LogP contribution in [0, 0.1) is 5.92 Å². The summed E-state index contributed by atoms with van der Waals surface area (Å²) < 4.78 is 10.4. The van der Waals surface area contributed by atoms with Crippen LogP contribution in [0.4, 0.5) is 4.79 Å². The van der Waals surface area contributed by atoms with E-state index >= 15 is 0 Å². The van der Waals surface area contributed by atoms with Crippen LogP contribution in [-0.4, -0.2) is 67.6 Å². The van der Waals surface area contributed by atoms with Crippen LogP contribution in [0.25, 0.3) is 0 Å². The summed E-state index contributed by atoms with van der Waals surface area (Å²) in [4.78, 5) is 25.0. The van der Waals surface area contributed by atoms with Crippen molar-refractivity contribution in [2.45, 2.75) is 24.8 Å². The Balaban J connectivity index is 1.87. The number of amides is 2. The maximum absolute atomic E-state index is 12.1. The van der Waals surface area contributed by atoms with Crippen molar-refractivity contribution in [1.82, 2.24) is 10.2 Å². The number of aliphatic carboxylic acids is 1. The van der Waals surface area contributed by atoms with Gasteiger partial charge in [-0.15, -0.1) is 0 Å². The number of hydrogen-bond acceptors (Lipinski definition) is 4. The molecule has 2 N–H and O–H groups in total. The van der Waals surface area contributed by atoms with Gasteiger partial charge in [0.15, 0.2) is 5.54 Å². The minimum atomic E-state index is -1.28. The zero-order valence-corrected chi connectivity index (χ0v) is 11.8.